The van der Waals surface area contributed by atoms with Crippen LogP contribution in [0, 0.1) is 0 Å². The smallest absolute Gasteiger partial charge is 0.248 e. The van der Waals surface area contributed by atoms with E-state index in [4.69, 9.17) is 5.73 Å². The van der Waals surface area contributed by atoms with E-state index in [2.05, 4.69) is 45.7 Å². The Morgan fingerprint density at radius 2 is 1.69 bits per heavy atom. The van der Waals surface area contributed by atoms with Crippen LogP contribution in [0.1, 0.15) is 21.5 Å². The van der Waals surface area contributed by atoms with Crippen molar-refractivity contribution in [2.75, 3.05) is 20.4 Å². The molecule has 0 fully saturated rings. The van der Waals surface area contributed by atoms with Gasteiger partial charge < -0.3 is 16.0 Å². The maximum atomic E-state index is 11.1. The molecule has 140 valence electrons. The van der Waals surface area contributed by atoms with Gasteiger partial charge in [0, 0.05) is 37.6 Å². The number of amides is 1. The zero-order chi connectivity index (χ0) is 18.2. The molecule has 0 aliphatic carbocycles. The molecule has 3 N–H and O–H groups in total. The van der Waals surface area contributed by atoms with Gasteiger partial charge in [0.2, 0.25) is 5.91 Å². The number of halogens is 1. The molecule has 0 aliphatic rings. The fraction of sp³-hybridized carbons (Fsp3) is 0.263. The van der Waals surface area contributed by atoms with Crippen molar-refractivity contribution >= 4 is 47.6 Å². The quantitative estimate of drug-likeness (QED) is 0.286. The van der Waals surface area contributed by atoms with Crippen LogP contribution in [0.15, 0.2) is 58.4 Å². The summed E-state index contributed by atoms with van der Waals surface area (Å²) in [7, 11) is 3.78. The van der Waals surface area contributed by atoms with E-state index in [1.807, 2.05) is 19.2 Å². The number of carbonyl (C=O) groups is 1. The molecule has 2 rings (SSSR count). The van der Waals surface area contributed by atoms with Gasteiger partial charge in [-0.1, -0.05) is 24.3 Å². The maximum absolute atomic E-state index is 11.1. The van der Waals surface area contributed by atoms with Gasteiger partial charge in [-0.15, -0.1) is 35.7 Å². The summed E-state index contributed by atoms with van der Waals surface area (Å²) in [4.78, 5) is 18.8. The second kappa shape index (κ2) is 11.1. The summed E-state index contributed by atoms with van der Waals surface area (Å²) < 4.78 is 0. The molecule has 0 aliphatic heterocycles. The summed E-state index contributed by atoms with van der Waals surface area (Å²) in [6.07, 6.45) is 2.07. The molecule has 0 atom stereocenters. The number of thioether (sulfide) groups is 1. The number of primary amides is 1. The maximum Gasteiger partial charge on any atom is 0.248 e. The Morgan fingerprint density at radius 1 is 1.12 bits per heavy atom. The van der Waals surface area contributed by atoms with E-state index >= 15 is 0 Å². The summed E-state index contributed by atoms with van der Waals surface area (Å²) in [6, 6.07) is 15.8. The van der Waals surface area contributed by atoms with E-state index in [1.54, 1.807) is 30.9 Å². The normalized spacial score (nSPS) is 10.8. The average Bonchev–Trinajstić information content (AvgIpc) is 2.63. The minimum atomic E-state index is -0.414. The molecule has 5 nitrogen and oxygen atoms in total. The zero-order valence-corrected chi connectivity index (χ0v) is 18.4. The van der Waals surface area contributed by atoms with Crippen LogP contribution in [0.3, 0.4) is 0 Å². The summed E-state index contributed by atoms with van der Waals surface area (Å²) in [5, 5.41) is 3.33. The average molecular weight is 484 g/mol. The van der Waals surface area contributed by atoms with Gasteiger partial charge in [-0.25, -0.2) is 0 Å². The van der Waals surface area contributed by atoms with Crippen molar-refractivity contribution in [3.05, 3.63) is 65.2 Å². The van der Waals surface area contributed by atoms with Crippen LogP contribution in [0.2, 0.25) is 0 Å². The van der Waals surface area contributed by atoms with Gasteiger partial charge in [-0.3, -0.25) is 9.79 Å². The molecule has 0 radical (unpaired) electrons. The van der Waals surface area contributed by atoms with Crippen LogP contribution in [0.25, 0.3) is 0 Å². The Hall–Kier alpha value is -1.74. The first kappa shape index (κ1) is 22.3. The number of nitrogens with zero attached hydrogens (tertiary/aromatic N) is 2. The molecule has 7 heteroatoms. The van der Waals surface area contributed by atoms with Crippen LogP contribution < -0.4 is 11.1 Å². The highest BCUT2D eigenvalue weighted by atomic mass is 127. The monoisotopic (exact) mass is 484 g/mol. The number of carbonyl (C=O) groups excluding carboxylic acids is 1. The van der Waals surface area contributed by atoms with Gasteiger partial charge >= 0.3 is 0 Å². The first-order valence-corrected chi connectivity index (χ1v) is 9.19. The standard InChI is InChI=1S/C19H24N4OS.HI/c1-21-19(22-12-14-4-8-16(9-5-14)18(20)24)23(2)13-15-6-10-17(25-3)11-7-15;/h4-11H,12-13H2,1-3H3,(H2,20,24)(H,21,22);1H. The number of aliphatic imine (C=N–C) groups is 1. The first-order valence-electron chi connectivity index (χ1n) is 7.97. The lowest BCUT2D eigenvalue weighted by atomic mass is 10.1. The van der Waals surface area contributed by atoms with Crippen molar-refractivity contribution in [2.45, 2.75) is 18.0 Å². The largest absolute Gasteiger partial charge is 0.366 e. The van der Waals surface area contributed by atoms with Crippen molar-refractivity contribution < 1.29 is 4.79 Å². The van der Waals surface area contributed by atoms with Gasteiger partial charge in [0.25, 0.3) is 0 Å². The Labute approximate surface area is 176 Å². The van der Waals surface area contributed by atoms with Crippen LogP contribution in [-0.4, -0.2) is 37.1 Å². The minimum absolute atomic E-state index is 0. The first-order chi connectivity index (χ1) is 12.0. The van der Waals surface area contributed by atoms with E-state index in [-0.39, 0.29) is 24.0 Å². The lowest BCUT2D eigenvalue weighted by molar-refractivity contribution is 0.100. The van der Waals surface area contributed by atoms with Crippen molar-refractivity contribution in [2.24, 2.45) is 10.7 Å². The van der Waals surface area contributed by atoms with E-state index in [1.165, 1.54) is 10.5 Å². The number of hydrogen-bond acceptors (Lipinski definition) is 3. The lowest BCUT2D eigenvalue weighted by Crippen LogP contribution is -2.38. The van der Waals surface area contributed by atoms with Crippen LogP contribution >= 0.6 is 35.7 Å². The van der Waals surface area contributed by atoms with Crippen molar-refractivity contribution in [1.29, 1.82) is 0 Å². The van der Waals surface area contributed by atoms with E-state index in [0.29, 0.717) is 12.1 Å². The van der Waals surface area contributed by atoms with Crippen molar-refractivity contribution in [1.82, 2.24) is 10.2 Å². The Balaban J connectivity index is 0.00000338. The minimum Gasteiger partial charge on any atom is -0.366 e. The van der Waals surface area contributed by atoms with Crippen molar-refractivity contribution in [3.8, 4) is 0 Å². The van der Waals surface area contributed by atoms with Gasteiger partial charge in [-0.2, -0.15) is 0 Å². The van der Waals surface area contributed by atoms with Crippen LogP contribution in [0.5, 0.6) is 0 Å². The molecule has 0 saturated carbocycles. The Bertz CT molecular complexity index is 732. The third-order valence-corrected chi connectivity index (χ3v) is 4.58. The highest BCUT2D eigenvalue weighted by Crippen LogP contribution is 2.15. The molecule has 0 aromatic heterocycles. The molecule has 0 saturated heterocycles. The second-order valence-corrected chi connectivity index (χ2v) is 6.55. The topological polar surface area (TPSA) is 70.7 Å². The molecular weight excluding hydrogens is 459 g/mol. The third kappa shape index (κ3) is 6.53. The third-order valence-electron chi connectivity index (χ3n) is 3.84. The molecule has 0 heterocycles. The number of nitrogens with two attached hydrogens (primary N) is 1. The van der Waals surface area contributed by atoms with E-state index in [9.17, 15) is 4.79 Å². The fourth-order valence-electron chi connectivity index (χ4n) is 2.43. The summed E-state index contributed by atoms with van der Waals surface area (Å²) in [5.74, 6) is 0.399. The zero-order valence-electron chi connectivity index (χ0n) is 15.2. The summed E-state index contributed by atoms with van der Waals surface area (Å²) >= 11 is 1.74. The molecule has 2 aromatic carbocycles. The van der Waals surface area contributed by atoms with Crippen LogP contribution in [0.4, 0.5) is 0 Å². The Kier molecular flexibility index (Phi) is 9.50. The summed E-state index contributed by atoms with van der Waals surface area (Å²) in [5.41, 5.74) is 8.06. The van der Waals surface area contributed by atoms with Crippen molar-refractivity contribution in [3.63, 3.8) is 0 Å². The number of benzene rings is 2. The molecule has 0 unspecified atom stereocenters. The highest BCUT2D eigenvalue weighted by Gasteiger charge is 2.07. The van der Waals surface area contributed by atoms with E-state index in [0.717, 1.165) is 18.1 Å². The number of rotatable bonds is 6. The molecule has 2 aromatic rings. The fourth-order valence-corrected chi connectivity index (χ4v) is 2.84. The molecule has 26 heavy (non-hydrogen) atoms. The predicted molar refractivity (Wildman–Crippen MR) is 120 cm³/mol. The highest BCUT2D eigenvalue weighted by molar-refractivity contribution is 14.0. The van der Waals surface area contributed by atoms with Crippen LogP contribution in [-0.2, 0) is 13.1 Å². The SMILES string of the molecule is CN=C(NCc1ccc(C(N)=O)cc1)N(C)Cc1ccc(SC)cc1.I. The molecule has 1 amide bonds. The van der Waals surface area contributed by atoms with Gasteiger partial charge in [-0.05, 0) is 41.6 Å². The number of hydrogen-bond donors (Lipinski definition) is 2. The van der Waals surface area contributed by atoms with Gasteiger partial charge in [0.05, 0.1) is 0 Å². The number of guanidine groups is 1. The van der Waals surface area contributed by atoms with Gasteiger partial charge in [0.15, 0.2) is 5.96 Å². The Morgan fingerprint density at radius 3 is 2.19 bits per heavy atom. The number of nitrogens with one attached hydrogen (secondary N) is 1. The molecule has 0 bridgehead atoms. The second-order valence-electron chi connectivity index (χ2n) is 5.67. The van der Waals surface area contributed by atoms with E-state index < -0.39 is 5.91 Å². The predicted octanol–water partition coefficient (Wildman–Crippen LogP) is 3.33. The summed E-state index contributed by atoms with van der Waals surface area (Å²) in [6.45, 7) is 1.40. The van der Waals surface area contributed by atoms with Gasteiger partial charge in [0.1, 0.15) is 0 Å². The molecule has 0 spiro atoms. The lowest BCUT2D eigenvalue weighted by Gasteiger charge is -2.22. The molecular formula is C19H25IN4OS.